The molecule has 3 rings (SSSR count). The van der Waals surface area contributed by atoms with Gasteiger partial charge in [-0.25, -0.2) is 4.79 Å². The van der Waals surface area contributed by atoms with Crippen LogP contribution in [0.25, 0.3) is 0 Å². The van der Waals surface area contributed by atoms with Crippen LogP contribution in [0.1, 0.15) is 43.6 Å². The van der Waals surface area contributed by atoms with Gasteiger partial charge < -0.3 is 19.6 Å². The van der Waals surface area contributed by atoms with Crippen LogP contribution in [0.4, 0.5) is 4.79 Å². The van der Waals surface area contributed by atoms with Crippen LogP contribution in [0.15, 0.2) is 18.5 Å². The molecule has 0 bridgehead atoms. The van der Waals surface area contributed by atoms with Gasteiger partial charge in [-0.3, -0.25) is 4.98 Å². The van der Waals surface area contributed by atoms with Crippen molar-refractivity contribution < 1.29 is 14.6 Å². The summed E-state index contributed by atoms with van der Waals surface area (Å²) in [5.41, 5.74) is 1.27. The first-order valence-electron chi connectivity index (χ1n) is 8.89. The molecule has 132 valence electrons. The van der Waals surface area contributed by atoms with Crippen molar-refractivity contribution in [2.45, 2.75) is 44.1 Å². The van der Waals surface area contributed by atoms with Crippen LogP contribution in [0.2, 0.25) is 0 Å². The van der Waals surface area contributed by atoms with Gasteiger partial charge in [0.1, 0.15) is 5.75 Å². The van der Waals surface area contributed by atoms with Gasteiger partial charge in [-0.1, -0.05) is 0 Å². The van der Waals surface area contributed by atoms with Gasteiger partial charge in [0, 0.05) is 30.9 Å². The minimum atomic E-state index is -0.779. The van der Waals surface area contributed by atoms with E-state index in [9.17, 15) is 4.79 Å². The second-order valence-corrected chi connectivity index (χ2v) is 6.78. The summed E-state index contributed by atoms with van der Waals surface area (Å²) in [6.07, 6.45) is 8.14. The Morgan fingerprint density at radius 2 is 2.00 bits per heavy atom. The lowest BCUT2D eigenvalue weighted by Crippen LogP contribution is -2.41. The standard InChI is InChI=1S/C18H27N3O3/c1-24-17-13-19-8-4-16(17)14-5-10-20(11-6-14)15-3-2-9-21(12-7-15)18(22)23/h4,8,13-15H,2-3,5-7,9-12H2,1H3,(H,22,23). The molecule has 1 amide bonds. The third kappa shape index (κ3) is 3.80. The second kappa shape index (κ2) is 7.83. The minimum absolute atomic E-state index is 0.523. The van der Waals surface area contributed by atoms with Gasteiger partial charge in [0.25, 0.3) is 0 Å². The molecular weight excluding hydrogens is 306 g/mol. The van der Waals surface area contributed by atoms with E-state index in [-0.39, 0.29) is 0 Å². The highest BCUT2D eigenvalue weighted by Gasteiger charge is 2.29. The van der Waals surface area contributed by atoms with Crippen LogP contribution in [-0.4, -0.2) is 65.3 Å². The van der Waals surface area contributed by atoms with E-state index in [0.717, 1.165) is 50.9 Å². The Morgan fingerprint density at radius 3 is 2.71 bits per heavy atom. The van der Waals surface area contributed by atoms with E-state index in [1.807, 2.05) is 6.20 Å². The highest BCUT2D eigenvalue weighted by atomic mass is 16.5. The molecule has 0 aliphatic carbocycles. The van der Waals surface area contributed by atoms with Gasteiger partial charge in [-0.05, 0) is 57.2 Å². The first-order chi connectivity index (χ1) is 11.7. The van der Waals surface area contributed by atoms with Crippen molar-refractivity contribution in [1.82, 2.24) is 14.8 Å². The Bertz CT molecular complexity index is 558. The number of amides is 1. The number of ether oxygens (including phenoxy) is 1. The molecule has 24 heavy (non-hydrogen) atoms. The zero-order chi connectivity index (χ0) is 16.9. The number of rotatable bonds is 3. The molecule has 1 aromatic rings. The summed E-state index contributed by atoms with van der Waals surface area (Å²) in [7, 11) is 1.70. The zero-order valence-corrected chi connectivity index (χ0v) is 14.4. The number of piperidine rings is 1. The first-order valence-corrected chi connectivity index (χ1v) is 8.89. The topological polar surface area (TPSA) is 65.9 Å². The van der Waals surface area contributed by atoms with Crippen molar-refractivity contribution in [3.63, 3.8) is 0 Å². The number of aromatic nitrogens is 1. The highest BCUT2D eigenvalue weighted by molar-refractivity contribution is 5.64. The van der Waals surface area contributed by atoms with Crippen LogP contribution in [0.3, 0.4) is 0 Å². The summed E-state index contributed by atoms with van der Waals surface area (Å²) in [6.45, 7) is 3.50. The van der Waals surface area contributed by atoms with Crippen molar-refractivity contribution in [3.05, 3.63) is 24.0 Å². The maximum atomic E-state index is 11.1. The van der Waals surface area contributed by atoms with Gasteiger partial charge >= 0.3 is 6.09 Å². The molecule has 1 aromatic heterocycles. The molecule has 1 unspecified atom stereocenters. The Labute approximate surface area is 143 Å². The molecule has 2 aliphatic heterocycles. The molecule has 6 heteroatoms. The zero-order valence-electron chi connectivity index (χ0n) is 14.4. The third-order valence-corrected chi connectivity index (χ3v) is 5.49. The monoisotopic (exact) mass is 333 g/mol. The van der Waals surface area contributed by atoms with Crippen LogP contribution < -0.4 is 4.74 Å². The Hall–Kier alpha value is -1.82. The highest BCUT2D eigenvalue weighted by Crippen LogP contribution is 2.34. The quantitative estimate of drug-likeness (QED) is 0.921. The molecule has 0 radical (unpaired) electrons. The molecule has 2 aliphatic rings. The van der Waals surface area contributed by atoms with Crippen molar-refractivity contribution in [1.29, 1.82) is 0 Å². The minimum Gasteiger partial charge on any atom is -0.495 e. The molecule has 0 aromatic carbocycles. The number of methoxy groups -OCH3 is 1. The summed E-state index contributed by atoms with van der Waals surface area (Å²) in [5, 5.41) is 9.17. The fourth-order valence-electron chi connectivity index (χ4n) is 4.11. The number of likely N-dealkylation sites (tertiary alicyclic amines) is 2. The molecule has 0 spiro atoms. The second-order valence-electron chi connectivity index (χ2n) is 6.78. The number of nitrogens with zero attached hydrogens (tertiary/aromatic N) is 3. The largest absolute Gasteiger partial charge is 0.495 e. The summed E-state index contributed by atoms with van der Waals surface area (Å²) >= 11 is 0. The summed E-state index contributed by atoms with van der Waals surface area (Å²) in [6, 6.07) is 2.60. The molecule has 0 saturated carbocycles. The van der Waals surface area contributed by atoms with Crippen LogP contribution in [-0.2, 0) is 0 Å². The third-order valence-electron chi connectivity index (χ3n) is 5.49. The predicted octanol–water partition coefficient (Wildman–Crippen LogP) is 2.80. The SMILES string of the molecule is COc1cnccc1C1CCN(C2CCCN(C(=O)O)CC2)CC1. The Balaban J connectivity index is 1.56. The number of hydrogen-bond acceptors (Lipinski definition) is 4. The number of hydrogen-bond donors (Lipinski definition) is 1. The van der Waals surface area contributed by atoms with Crippen molar-refractivity contribution in [3.8, 4) is 5.75 Å². The molecule has 2 saturated heterocycles. The lowest BCUT2D eigenvalue weighted by Gasteiger charge is -2.37. The lowest BCUT2D eigenvalue weighted by atomic mass is 9.88. The van der Waals surface area contributed by atoms with E-state index < -0.39 is 6.09 Å². The Morgan fingerprint density at radius 1 is 1.21 bits per heavy atom. The van der Waals surface area contributed by atoms with E-state index in [1.165, 1.54) is 5.56 Å². The fourth-order valence-corrected chi connectivity index (χ4v) is 4.11. The van der Waals surface area contributed by atoms with Crippen molar-refractivity contribution in [2.24, 2.45) is 0 Å². The van der Waals surface area contributed by atoms with Gasteiger partial charge in [-0.2, -0.15) is 0 Å². The van der Waals surface area contributed by atoms with E-state index >= 15 is 0 Å². The predicted molar refractivity (Wildman–Crippen MR) is 91.6 cm³/mol. The maximum absolute atomic E-state index is 11.1. The normalized spacial score (nSPS) is 23.7. The first kappa shape index (κ1) is 17.0. The van der Waals surface area contributed by atoms with Gasteiger partial charge in [0.2, 0.25) is 0 Å². The summed E-state index contributed by atoms with van der Waals surface area (Å²) in [4.78, 5) is 19.4. The van der Waals surface area contributed by atoms with Crippen molar-refractivity contribution >= 4 is 6.09 Å². The van der Waals surface area contributed by atoms with Gasteiger partial charge in [0.15, 0.2) is 0 Å². The van der Waals surface area contributed by atoms with E-state index in [0.29, 0.717) is 25.0 Å². The lowest BCUT2D eigenvalue weighted by molar-refractivity contribution is 0.131. The van der Waals surface area contributed by atoms with Crippen LogP contribution >= 0.6 is 0 Å². The number of carbonyl (C=O) groups is 1. The smallest absolute Gasteiger partial charge is 0.407 e. The van der Waals surface area contributed by atoms with Crippen LogP contribution in [0.5, 0.6) is 5.75 Å². The summed E-state index contributed by atoms with van der Waals surface area (Å²) < 4.78 is 5.46. The Kier molecular flexibility index (Phi) is 5.56. The average molecular weight is 333 g/mol. The molecule has 3 heterocycles. The molecule has 6 nitrogen and oxygen atoms in total. The van der Waals surface area contributed by atoms with Crippen molar-refractivity contribution in [2.75, 3.05) is 33.3 Å². The number of carboxylic acid groups (broad SMARTS) is 1. The number of pyridine rings is 1. The fraction of sp³-hybridized carbons (Fsp3) is 0.667. The van der Waals surface area contributed by atoms with E-state index in [1.54, 1.807) is 18.2 Å². The molecule has 1 atom stereocenters. The molecule has 1 N–H and O–H groups in total. The van der Waals surface area contributed by atoms with E-state index in [2.05, 4.69) is 16.0 Å². The molecule has 2 fully saturated rings. The molecular formula is C18H27N3O3. The summed E-state index contributed by atoms with van der Waals surface area (Å²) in [5.74, 6) is 1.42. The maximum Gasteiger partial charge on any atom is 0.407 e. The van der Waals surface area contributed by atoms with Gasteiger partial charge in [0.05, 0.1) is 13.3 Å². The van der Waals surface area contributed by atoms with Crippen LogP contribution in [0, 0.1) is 0 Å². The average Bonchev–Trinajstić information content (AvgIpc) is 2.88. The van der Waals surface area contributed by atoms with E-state index in [4.69, 9.17) is 9.84 Å². The van der Waals surface area contributed by atoms with Gasteiger partial charge in [-0.15, -0.1) is 0 Å².